The molecule has 146 valence electrons. The molecule has 0 radical (unpaired) electrons. The van der Waals surface area contributed by atoms with Gasteiger partial charge in [0.1, 0.15) is 0 Å². The summed E-state index contributed by atoms with van der Waals surface area (Å²) in [7, 11) is 1.29. The first-order chi connectivity index (χ1) is 12.8. The number of amides is 1. The summed E-state index contributed by atoms with van der Waals surface area (Å²) in [6.45, 7) is 8.48. The summed E-state index contributed by atoms with van der Waals surface area (Å²) in [6, 6.07) is 9.65. The minimum Gasteiger partial charge on any atom is -0.468 e. The van der Waals surface area contributed by atoms with E-state index in [1.807, 2.05) is 50.3 Å². The van der Waals surface area contributed by atoms with Crippen LogP contribution < -0.4 is 5.32 Å². The average Bonchev–Trinajstić information content (AvgIpc) is 2.65. The summed E-state index contributed by atoms with van der Waals surface area (Å²) >= 11 is 0. The molecule has 0 heterocycles. The summed E-state index contributed by atoms with van der Waals surface area (Å²) in [5.74, 6) is -1.88. The van der Waals surface area contributed by atoms with Crippen molar-refractivity contribution in [2.24, 2.45) is 5.92 Å². The first-order valence-corrected chi connectivity index (χ1v) is 9.23. The van der Waals surface area contributed by atoms with Gasteiger partial charge in [0, 0.05) is 6.54 Å². The maximum atomic E-state index is 12.5. The minimum absolute atomic E-state index is 0.356. The van der Waals surface area contributed by atoms with E-state index in [9.17, 15) is 9.59 Å². The molecular weight excluding hydrogens is 338 g/mol. The number of carbonyl (C=O) groups is 2. The van der Waals surface area contributed by atoms with Crippen molar-refractivity contribution >= 4 is 17.4 Å². The quantitative estimate of drug-likeness (QED) is 0.390. The van der Waals surface area contributed by atoms with Crippen LogP contribution in [0.5, 0.6) is 0 Å². The SMILES string of the molecule is COC(=O)C(/C=C(\C)c1ccccc1)C(=O)NC/C=C(/C)CCC=C(C)C. The summed E-state index contributed by atoms with van der Waals surface area (Å²) in [5.41, 5.74) is 4.33. The maximum absolute atomic E-state index is 12.5. The lowest BCUT2D eigenvalue weighted by molar-refractivity contribution is -0.147. The van der Waals surface area contributed by atoms with Crippen LogP contribution in [0.1, 0.15) is 46.1 Å². The summed E-state index contributed by atoms with van der Waals surface area (Å²) in [5, 5.41) is 2.81. The Kier molecular flexibility index (Phi) is 9.88. The Balaban J connectivity index is 2.73. The van der Waals surface area contributed by atoms with Crippen LogP contribution in [0.15, 0.2) is 59.7 Å². The Hall–Kier alpha value is -2.62. The molecule has 0 aliphatic carbocycles. The van der Waals surface area contributed by atoms with Gasteiger partial charge in [-0.05, 0) is 51.7 Å². The van der Waals surface area contributed by atoms with Gasteiger partial charge in [0.05, 0.1) is 7.11 Å². The molecule has 0 bridgehead atoms. The van der Waals surface area contributed by atoms with Gasteiger partial charge < -0.3 is 10.1 Å². The largest absolute Gasteiger partial charge is 0.468 e. The zero-order valence-corrected chi connectivity index (χ0v) is 17.0. The lowest BCUT2D eigenvalue weighted by Gasteiger charge is -2.12. The van der Waals surface area contributed by atoms with E-state index in [0.717, 1.165) is 24.0 Å². The van der Waals surface area contributed by atoms with Crippen LogP contribution in [-0.4, -0.2) is 25.5 Å². The Morgan fingerprint density at radius 3 is 2.33 bits per heavy atom. The van der Waals surface area contributed by atoms with Crippen molar-refractivity contribution in [2.45, 2.75) is 40.5 Å². The van der Waals surface area contributed by atoms with E-state index < -0.39 is 11.9 Å². The molecule has 1 aromatic rings. The van der Waals surface area contributed by atoms with E-state index in [4.69, 9.17) is 4.74 Å². The van der Waals surface area contributed by atoms with Crippen molar-refractivity contribution in [3.63, 3.8) is 0 Å². The molecule has 1 atom stereocenters. The van der Waals surface area contributed by atoms with Crippen LogP contribution in [0, 0.1) is 5.92 Å². The number of hydrogen-bond acceptors (Lipinski definition) is 3. The number of esters is 1. The number of nitrogens with one attached hydrogen (secondary N) is 1. The number of hydrogen-bond donors (Lipinski definition) is 1. The summed E-state index contributed by atoms with van der Waals surface area (Å²) in [6.07, 6.45) is 7.78. The van der Waals surface area contributed by atoms with Crippen LogP contribution >= 0.6 is 0 Å². The average molecular weight is 370 g/mol. The number of rotatable bonds is 9. The summed E-state index contributed by atoms with van der Waals surface area (Å²) < 4.78 is 4.81. The molecule has 0 aromatic heterocycles. The number of methoxy groups -OCH3 is 1. The van der Waals surface area contributed by atoms with Gasteiger partial charge in [-0.25, -0.2) is 0 Å². The minimum atomic E-state index is -0.963. The fraction of sp³-hybridized carbons (Fsp3) is 0.391. The highest BCUT2D eigenvalue weighted by Crippen LogP contribution is 2.17. The predicted octanol–water partition coefficient (Wildman–Crippen LogP) is 4.69. The Bertz CT molecular complexity index is 710. The van der Waals surface area contributed by atoms with Gasteiger partial charge in [-0.15, -0.1) is 0 Å². The molecule has 4 heteroatoms. The topological polar surface area (TPSA) is 55.4 Å². The third-order valence-corrected chi connectivity index (χ3v) is 4.20. The third kappa shape index (κ3) is 8.54. The fourth-order valence-electron chi connectivity index (χ4n) is 2.55. The monoisotopic (exact) mass is 369 g/mol. The maximum Gasteiger partial charge on any atom is 0.322 e. The normalized spacial score (nSPS) is 12.9. The molecule has 0 saturated carbocycles. The highest BCUT2D eigenvalue weighted by molar-refractivity contribution is 6.01. The molecule has 0 aliphatic rings. The Morgan fingerprint density at radius 1 is 1.07 bits per heavy atom. The lowest BCUT2D eigenvalue weighted by Crippen LogP contribution is -2.35. The van der Waals surface area contributed by atoms with Crippen molar-refractivity contribution in [1.29, 1.82) is 0 Å². The van der Waals surface area contributed by atoms with E-state index in [2.05, 4.69) is 25.2 Å². The molecule has 4 nitrogen and oxygen atoms in total. The third-order valence-electron chi connectivity index (χ3n) is 4.20. The molecule has 1 amide bonds. The number of carbonyl (C=O) groups excluding carboxylic acids is 2. The standard InChI is InChI=1S/C23H31NO3/c1-17(2)10-9-11-18(3)14-15-24-22(25)21(23(26)27-5)16-19(4)20-12-7-6-8-13-20/h6-8,10,12-14,16,21H,9,11,15H2,1-5H3,(H,24,25)/b18-14-,19-16+. The molecule has 0 aliphatic heterocycles. The van der Waals surface area contributed by atoms with Crippen LogP contribution in [-0.2, 0) is 14.3 Å². The molecule has 1 aromatic carbocycles. The zero-order chi connectivity index (χ0) is 20.2. The van der Waals surface area contributed by atoms with Crippen molar-refractivity contribution in [2.75, 3.05) is 13.7 Å². The first kappa shape index (κ1) is 22.4. The lowest BCUT2D eigenvalue weighted by atomic mass is 10.0. The smallest absolute Gasteiger partial charge is 0.322 e. The second kappa shape index (κ2) is 11.9. The van der Waals surface area contributed by atoms with Crippen molar-refractivity contribution in [3.8, 4) is 0 Å². The summed E-state index contributed by atoms with van der Waals surface area (Å²) in [4.78, 5) is 24.6. The highest BCUT2D eigenvalue weighted by Gasteiger charge is 2.25. The van der Waals surface area contributed by atoms with E-state index in [1.54, 1.807) is 6.08 Å². The van der Waals surface area contributed by atoms with Crippen molar-refractivity contribution < 1.29 is 14.3 Å². The van der Waals surface area contributed by atoms with Crippen LogP contribution in [0.3, 0.4) is 0 Å². The highest BCUT2D eigenvalue weighted by atomic mass is 16.5. The van der Waals surface area contributed by atoms with Crippen molar-refractivity contribution in [3.05, 3.63) is 65.3 Å². The molecule has 1 unspecified atom stereocenters. The number of ether oxygens (including phenoxy) is 1. The van der Waals surface area contributed by atoms with E-state index in [-0.39, 0.29) is 5.91 Å². The van der Waals surface area contributed by atoms with Gasteiger partial charge in [-0.1, -0.05) is 59.7 Å². The first-order valence-electron chi connectivity index (χ1n) is 9.23. The van der Waals surface area contributed by atoms with Gasteiger partial charge in [0.2, 0.25) is 5.91 Å². The molecule has 0 spiro atoms. The zero-order valence-electron chi connectivity index (χ0n) is 17.0. The van der Waals surface area contributed by atoms with Gasteiger partial charge in [-0.2, -0.15) is 0 Å². The molecule has 27 heavy (non-hydrogen) atoms. The van der Waals surface area contributed by atoms with Crippen LogP contribution in [0.2, 0.25) is 0 Å². The van der Waals surface area contributed by atoms with Gasteiger partial charge in [0.25, 0.3) is 0 Å². The molecular formula is C23H31NO3. The Labute approximate surface area is 163 Å². The fourth-order valence-corrected chi connectivity index (χ4v) is 2.55. The second-order valence-corrected chi connectivity index (χ2v) is 6.83. The van der Waals surface area contributed by atoms with E-state index >= 15 is 0 Å². The van der Waals surface area contributed by atoms with Crippen LogP contribution in [0.25, 0.3) is 5.57 Å². The molecule has 0 saturated heterocycles. The molecule has 1 N–H and O–H groups in total. The van der Waals surface area contributed by atoms with E-state index in [0.29, 0.717) is 6.54 Å². The van der Waals surface area contributed by atoms with Gasteiger partial charge in [-0.3, -0.25) is 9.59 Å². The molecule has 0 fully saturated rings. The number of benzene rings is 1. The van der Waals surface area contributed by atoms with Gasteiger partial charge in [0.15, 0.2) is 5.92 Å². The van der Waals surface area contributed by atoms with Gasteiger partial charge >= 0.3 is 5.97 Å². The van der Waals surface area contributed by atoms with E-state index in [1.165, 1.54) is 18.3 Å². The van der Waals surface area contributed by atoms with Crippen molar-refractivity contribution in [1.82, 2.24) is 5.32 Å². The second-order valence-electron chi connectivity index (χ2n) is 6.83. The number of allylic oxidation sites excluding steroid dienone is 4. The Morgan fingerprint density at radius 2 is 1.74 bits per heavy atom. The molecule has 1 rings (SSSR count). The predicted molar refractivity (Wildman–Crippen MR) is 111 cm³/mol. The van der Waals surface area contributed by atoms with Crippen LogP contribution in [0.4, 0.5) is 0 Å².